The Balaban J connectivity index is 2.00. The van der Waals surface area contributed by atoms with Crippen molar-refractivity contribution in [1.29, 1.82) is 0 Å². The van der Waals surface area contributed by atoms with Gasteiger partial charge in [-0.05, 0) is 38.5 Å². The summed E-state index contributed by atoms with van der Waals surface area (Å²) in [4.78, 5) is 22.8. The van der Waals surface area contributed by atoms with Crippen LogP contribution in [-0.2, 0) is 24.3 Å². The van der Waals surface area contributed by atoms with E-state index in [1.807, 2.05) is 0 Å². The summed E-state index contributed by atoms with van der Waals surface area (Å²) in [5.74, 6) is -2.27. The zero-order valence-corrected chi connectivity index (χ0v) is 14.2. The molecule has 0 radical (unpaired) electrons. The molecule has 0 spiro atoms. The normalized spacial score (nSPS) is 32.2. The minimum absolute atomic E-state index is 0.240. The Morgan fingerprint density at radius 1 is 1.04 bits per heavy atom. The third kappa shape index (κ3) is 4.44. The number of rotatable bonds is 5. The molecule has 2 saturated carbocycles. The van der Waals surface area contributed by atoms with E-state index in [1.165, 1.54) is 7.11 Å². The van der Waals surface area contributed by atoms with Crippen molar-refractivity contribution in [3.63, 3.8) is 0 Å². The van der Waals surface area contributed by atoms with Gasteiger partial charge in [0.25, 0.3) is 0 Å². The highest BCUT2D eigenvalue weighted by Gasteiger charge is 2.41. The predicted molar refractivity (Wildman–Crippen MR) is 83.2 cm³/mol. The molecule has 0 heterocycles. The lowest BCUT2D eigenvalue weighted by Gasteiger charge is -2.32. The number of aliphatic carboxylic acids is 1. The lowest BCUT2D eigenvalue weighted by Crippen LogP contribution is -2.48. The van der Waals surface area contributed by atoms with Gasteiger partial charge in [-0.1, -0.05) is 12.8 Å². The van der Waals surface area contributed by atoms with Crippen LogP contribution in [0.5, 0.6) is 0 Å². The fraction of sp³-hybridized carbons (Fsp3) is 0.867. The number of carboxylic acids is 1. The first-order valence-electron chi connectivity index (χ1n) is 8.17. The second kappa shape index (κ2) is 7.61. The molecule has 2 aliphatic rings. The number of carbonyl (C=O) groups is 2. The minimum Gasteiger partial charge on any atom is -0.481 e. The summed E-state index contributed by atoms with van der Waals surface area (Å²) in [6.45, 7) is 0. The van der Waals surface area contributed by atoms with Crippen molar-refractivity contribution in [1.82, 2.24) is 4.72 Å². The molecule has 2 fully saturated rings. The van der Waals surface area contributed by atoms with Crippen LogP contribution in [0.3, 0.4) is 0 Å². The summed E-state index contributed by atoms with van der Waals surface area (Å²) < 4.78 is 32.8. The summed E-state index contributed by atoms with van der Waals surface area (Å²) >= 11 is 0. The van der Waals surface area contributed by atoms with Gasteiger partial charge in [0.05, 0.1) is 24.2 Å². The second-order valence-corrected chi connectivity index (χ2v) is 8.43. The third-order valence-electron chi connectivity index (χ3n) is 5.01. The molecule has 8 heteroatoms. The molecule has 2 atom stereocenters. The Morgan fingerprint density at radius 2 is 1.65 bits per heavy atom. The number of sulfonamides is 1. The molecule has 132 valence electrons. The van der Waals surface area contributed by atoms with Crippen LogP contribution in [0.4, 0.5) is 0 Å². The summed E-state index contributed by atoms with van der Waals surface area (Å²) in [6, 6.07) is -0.240. The van der Waals surface area contributed by atoms with Gasteiger partial charge in [0.1, 0.15) is 0 Å². The summed E-state index contributed by atoms with van der Waals surface area (Å²) in [7, 11) is -2.34. The van der Waals surface area contributed by atoms with Crippen LogP contribution in [0.2, 0.25) is 0 Å². The molecule has 0 aliphatic heterocycles. The highest BCUT2D eigenvalue weighted by Crippen LogP contribution is 2.32. The molecule has 0 amide bonds. The molecular formula is C15H25NO6S. The smallest absolute Gasteiger partial charge is 0.310 e. The van der Waals surface area contributed by atoms with Crippen LogP contribution >= 0.6 is 0 Å². The van der Waals surface area contributed by atoms with E-state index in [9.17, 15) is 18.0 Å². The van der Waals surface area contributed by atoms with Crippen LogP contribution in [-0.4, -0.2) is 43.9 Å². The molecule has 23 heavy (non-hydrogen) atoms. The number of ether oxygens (including phenoxy) is 1. The number of hydrogen-bond acceptors (Lipinski definition) is 5. The van der Waals surface area contributed by atoms with Crippen LogP contribution in [0, 0.1) is 11.8 Å². The van der Waals surface area contributed by atoms with Crippen molar-refractivity contribution >= 4 is 22.0 Å². The van der Waals surface area contributed by atoms with Crippen LogP contribution in [0.15, 0.2) is 0 Å². The van der Waals surface area contributed by atoms with Crippen LogP contribution in [0.25, 0.3) is 0 Å². The molecule has 2 aliphatic carbocycles. The summed E-state index contributed by atoms with van der Waals surface area (Å²) in [5, 5.41) is 8.24. The SMILES string of the molecule is COC(=O)C1CCCCC1S(=O)(=O)NC1CCC(C(=O)O)CC1. The van der Waals surface area contributed by atoms with Gasteiger partial charge in [0.2, 0.25) is 10.0 Å². The fourth-order valence-electron chi connectivity index (χ4n) is 3.67. The van der Waals surface area contributed by atoms with Gasteiger partial charge in [-0.25, -0.2) is 13.1 Å². The number of hydrogen-bond donors (Lipinski definition) is 2. The Kier molecular flexibility index (Phi) is 6.02. The van der Waals surface area contributed by atoms with Crippen LogP contribution in [0.1, 0.15) is 51.4 Å². The second-order valence-electron chi connectivity index (χ2n) is 6.50. The quantitative estimate of drug-likeness (QED) is 0.725. The first-order chi connectivity index (χ1) is 10.8. The van der Waals surface area contributed by atoms with E-state index in [2.05, 4.69) is 4.72 Å². The minimum atomic E-state index is -3.62. The molecule has 0 bridgehead atoms. The van der Waals surface area contributed by atoms with E-state index >= 15 is 0 Å². The van der Waals surface area contributed by atoms with E-state index in [-0.39, 0.29) is 12.0 Å². The first-order valence-corrected chi connectivity index (χ1v) is 9.71. The number of methoxy groups -OCH3 is 1. The molecule has 0 saturated heterocycles. The Labute approximate surface area is 136 Å². The van der Waals surface area contributed by atoms with Gasteiger partial charge in [-0.2, -0.15) is 0 Å². The lowest BCUT2D eigenvalue weighted by molar-refractivity contribution is -0.146. The van der Waals surface area contributed by atoms with Crippen molar-refractivity contribution in [3.8, 4) is 0 Å². The van der Waals surface area contributed by atoms with Gasteiger partial charge < -0.3 is 9.84 Å². The van der Waals surface area contributed by atoms with Gasteiger partial charge in [-0.3, -0.25) is 9.59 Å². The predicted octanol–water partition coefficient (Wildman–Crippen LogP) is 1.28. The van der Waals surface area contributed by atoms with E-state index in [0.717, 1.165) is 12.8 Å². The zero-order valence-electron chi connectivity index (χ0n) is 13.4. The van der Waals surface area contributed by atoms with Gasteiger partial charge in [0, 0.05) is 6.04 Å². The van der Waals surface area contributed by atoms with E-state index in [4.69, 9.17) is 9.84 Å². The van der Waals surface area contributed by atoms with E-state index in [0.29, 0.717) is 38.5 Å². The number of carboxylic acid groups (broad SMARTS) is 1. The number of carbonyl (C=O) groups excluding carboxylic acids is 1. The molecular weight excluding hydrogens is 322 g/mol. The van der Waals surface area contributed by atoms with Crippen molar-refractivity contribution in [2.75, 3.05) is 7.11 Å². The molecule has 0 aromatic carbocycles. The first kappa shape index (κ1) is 18.2. The molecule has 2 unspecified atom stereocenters. The molecule has 0 aromatic rings. The Hall–Kier alpha value is -1.15. The molecule has 7 nitrogen and oxygen atoms in total. The van der Waals surface area contributed by atoms with E-state index in [1.54, 1.807) is 0 Å². The maximum Gasteiger partial charge on any atom is 0.310 e. The van der Waals surface area contributed by atoms with Crippen molar-refractivity contribution < 1.29 is 27.9 Å². The number of nitrogens with one attached hydrogen (secondary N) is 1. The largest absolute Gasteiger partial charge is 0.481 e. The number of esters is 1. The lowest BCUT2D eigenvalue weighted by atomic mass is 9.87. The third-order valence-corrected chi connectivity index (χ3v) is 7.04. The maximum absolute atomic E-state index is 12.7. The average Bonchev–Trinajstić information content (AvgIpc) is 2.54. The summed E-state index contributed by atoms with van der Waals surface area (Å²) in [5.41, 5.74) is 0. The monoisotopic (exact) mass is 347 g/mol. The fourth-order valence-corrected chi connectivity index (χ4v) is 5.70. The highest BCUT2D eigenvalue weighted by molar-refractivity contribution is 7.90. The van der Waals surface area contributed by atoms with Gasteiger partial charge >= 0.3 is 11.9 Å². The van der Waals surface area contributed by atoms with Gasteiger partial charge in [0.15, 0.2) is 0 Å². The average molecular weight is 347 g/mol. The molecule has 2 rings (SSSR count). The topological polar surface area (TPSA) is 110 Å². The zero-order chi connectivity index (χ0) is 17.0. The van der Waals surface area contributed by atoms with Crippen molar-refractivity contribution in [2.45, 2.75) is 62.7 Å². The van der Waals surface area contributed by atoms with Crippen molar-refractivity contribution in [2.24, 2.45) is 11.8 Å². The highest BCUT2D eigenvalue weighted by atomic mass is 32.2. The Bertz CT molecular complexity index is 538. The van der Waals surface area contributed by atoms with Crippen molar-refractivity contribution in [3.05, 3.63) is 0 Å². The standard InChI is InChI=1S/C15H25NO6S/c1-22-15(19)12-4-2-3-5-13(12)23(20,21)16-11-8-6-10(7-9-11)14(17)18/h10-13,16H,2-9H2,1H3,(H,17,18). The Morgan fingerprint density at radius 3 is 2.22 bits per heavy atom. The molecule has 0 aromatic heterocycles. The molecule has 2 N–H and O–H groups in total. The van der Waals surface area contributed by atoms with E-state index < -0.39 is 33.1 Å². The van der Waals surface area contributed by atoms with Crippen LogP contribution < -0.4 is 4.72 Å². The maximum atomic E-state index is 12.7. The summed E-state index contributed by atoms with van der Waals surface area (Å²) in [6.07, 6.45) is 4.60. The van der Waals surface area contributed by atoms with Gasteiger partial charge in [-0.15, -0.1) is 0 Å².